The summed E-state index contributed by atoms with van der Waals surface area (Å²) in [7, 11) is 0. The third kappa shape index (κ3) is 5.63. The van der Waals surface area contributed by atoms with Crippen molar-refractivity contribution in [2.24, 2.45) is 0 Å². The first kappa shape index (κ1) is 30.3. The summed E-state index contributed by atoms with van der Waals surface area (Å²) in [5.74, 6) is 1.62. The monoisotopic (exact) mass is 727 g/mol. The van der Waals surface area contributed by atoms with Gasteiger partial charge in [-0.25, -0.2) is 25.1 Å². The molecule has 7 heterocycles. The zero-order valence-corrected chi connectivity index (χ0v) is 28.3. The van der Waals surface area contributed by atoms with E-state index in [0.717, 1.165) is 71.1 Å². The Hall–Kier alpha value is -6.79. The van der Waals surface area contributed by atoms with E-state index in [-0.39, 0.29) is 0 Å². The van der Waals surface area contributed by atoms with E-state index in [0.29, 0.717) is 0 Å². The van der Waals surface area contributed by atoms with E-state index < -0.39 is 0 Å². The molecule has 0 atom stereocenters. The summed E-state index contributed by atoms with van der Waals surface area (Å²) in [6.45, 7) is 0. The predicted molar refractivity (Wildman–Crippen MR) is 204 cm³/mol. The van der Waals surface area contributed by atoms with Crippen LogP contribution in [0.5, 0.6) is 0 Å². The summed E-state index contributed by atoms with van der Waals surface area (Å²) < 4.78 is 4.84. The van der Waals surface area contributed by atoms with Crippen LogP contribution in [0.15, 0.2) is 151 Å². The molecular formula is C39H26BrN11. The van der Waals surface area contributed by atoms with Gasteiger partial charge in [-0.1, -0.05) is 59.8 Å². The molecule has 0 radical (unpaired) electrons. The number of pyridine rings is 3. The number of aromatic amines is 2. The molecule has 7 aromatic heterocycles. The highest BCUT2D eigenvalue weighted by Gasteiger charge is 2.17. The van der Waals surface area contributed by atoms with E-state index in [1.54, 1.807) is 17.1 Å². The molecule has 0 aliphatic rings. The Bertz CT molecular complexity index is 2930. The first-order chi connectivity index (χ1) is 25.2. The molecule has 0 unspecified atom stereocenters. The Kier molecular flexibility index (Phi) is 7.67. The number of nitrogens with zero attached hydrogens (tertiary/aromatic N) is 9. The van der Waals surface area contributed by atoms with Gasteiger partial charge in [0.15, 0.2) is 5.82 Å². The Morgan fingerprint density at radius 1 is 0.510 bits per heavy atom. The lowest BCUT2D eigenvalue weighted by atomic mass is 10.1. The quantitative estimate of drug-likeness (QED) is 0.170. The first-order valence-corrected chi connectivity index (χ1v) is 16.9. The smallest absolute Gasteiger partial charge is 0.155 e. The molecule has 0 amide bonds. The molecule has 11 rings (SSSR count). The highest BCUT2D eigenvalue weighted by molar-refractivity contribution is 9.10. The Labute approximate surface area is 297 Å². The number of halogens is 1. The summed E-state index contributed by atoms with van der Waals surface area (Å²) in [6, 6.07) is 42.2. The number of hydrogen-bond acceptors (Lipinski definition) is 7. The van der Waals surface area contributed by atoms with Crippen molar-refractivity contribution in [1.29, 1.82) is 0 Å². The maximum Gasteiger partial charge on any atom is 0.155 e. The molecule has 0 saturated carbocycles. The van der Waals surface area contributed by atoms with Gasteiger partial charge < -0.3 is 0 Å². The van der Waals surface area contributed by atoms with E-state index >= 15 is 0 Å². The predicted octanol–water partition coefficient (Wildman–Crippen LogP) is 8.74. The van der Waals surface area contributed by atoms with Gasteiger partial charge in [0, 0.05) is 40.1 Å². The SMILES string of the molecule is Brc1ccccn1.c1ccc(-n2nnc3cc4c5ccccc5n(-c5ccccn5)c4cc32)nc1.c1ccc2c(c1)nc1cc3n[nH][nH]c3cc12. The molecule has 0 aliphatic carbocycles. The second-order valence-electron chi connectivity index (χ2n) is 11.6. The number of benzene rings is 4. The van der Waals surface area contributed by atoms with E-state index in [1.807, 2.05) is 91.1 Å². The average Bonchev–Trinajstić information content (AvgIpc) is 3.97. The molecule has 0 fully saturated rings. The van der Waals surface area contributed by atoms with Crippen molar-refractivity contribution in [3.05, 3.63) is 151 Å². The molecule has 244 valence electrons. The number of H-pyrrole nitrogens is 2. The van der Waals surface area contributed by atoms with E-state index in [4.69, 9.17) is 0 Å². The van der Waals surface area contributed by atoms with Crippen molar-refractivity contribution in [2.45, 2.75) is 0 Å². The van der Waals surface area contributed by atoms with Crippen molar-refractivity contribution in [3.63, 3.8) is 0 Å². The Morgan fingerprint density at radius 3 is 1.98 bits per heavy atom. The van der Waals surface area contributed by atoms with Crippen LogP contribution in [-0.2, 0) is 0 Å². The highest BCUT2D eigenvalue weighted by atomic mass is 79.9. The standard InChI is InChI=1S/C22H14N6.C12H8N4.C5H4BrN/c1-2-8-18-15(7-1)16-13-17-20(28(26-25-17)22-10-4-6-12-24-22)14-19(16)27(18)21-9-3-5-11-23-21;1-2-4-9-7(3-1)8-5-11-12(15-16-14-11)6-10(8)13-9;6-5-3-1-2-4-7-5/h1-14H;1-6,14,16H;1-4H. The number of fused-ring (bicyclic) bond motifs is 8. The zero-order valence-electron chi connectivity index (χ0n) is 26.8. The Balaban J connectivity index is 0.000000126. The topological polar surface area (TPSA) is 132 Å². The van der Waals surface area contributed by atoms with E-state index in [1.165, 1.54) is 10.8 Å². The number of aromatic nitrogens is 11. The number of rotatable bonds is 2. The molecule has 0 saturated heterocycles. The minimum absolute atomic E-state index is 0.741. The summed E-state index contributed by atoms with van der Waals surface area (Å²) in [5.41, 5.74) is 7.87. The van der Waals surface area contributed by atoms with Crippen molar-refractivity contribution in [3.8, 4) is 11.6 Å². The fourth-order valence-corrected chi connectivity index (χ4v) is 6.53. The van der Waals surface area contributed by atoms with Gasteiger partial charge in [-0.3, -0.25) is 9.67 Å². The highest BCUT2D eigenvalue weighted by Crippen LogP contribution is 2.34. The largest absolute Gasteiger partial charge is 0.294 e. The minimum atomic E-state index is 0.741. The van der Waals surface area contributed by atoms with E-state index in [9.17, 15) is 0 Å². The molecule has 12 heteroatoms. The molecule has 11 aromatic rings. The average molecular weight is 729 g/mol. The van der Waals surface area contributed by atoms with Gasteiger partial charge in [-0.05, 0) is 88.7 Å². The van der Waals surface area contributed by atoms with Gasteiger partial charge in [0.1, 0.15) is 21.5 Å². The maximum atomic E-state index is 4.58. The van der Waals surface area contributed by atoms with Crippen LogP contribution < -0.4 is 0 Å². The van der Waals surface area contributed by atoms with Crippen LogP contribution in [0, 0.1) is 0 Å². The normalized spacial score (nSPS) is 11.2. The van der Waals surface area contributed by atoms with Crippen molar-refractivity contribution >= 4 is 81.6 Å². The summed E-state index contributed by atoms with van der Waals surface area (Å²) in [6.07, 6.45) is 5.31. The van der Waals surface area contributed by atoms with Gasteiger partial charge in [-0.15, -0.1) is 5.10 Å². The Morgan fingerprint density at radius 2 is 1.24 bits per heavy atom. The van der Waals surface area contributed by atoms with Gasteiger partial charge in [0.2, 0.25) is 0 Å². The van der Waals surface area contributed by atoms with Crippen molar-refractivity contribution < 1.29 is 0 Å². The van der Waals surface area contributed by atoms with Gasteiger partial charge >= 0.3 is 0 Å². The van der Waals surface area contributed by atoms with Crippen molar-refractivity contribution in [1.82, 2.24) is 54.9 Å². The summed E-state index contributed by atoms with van der Waals surface area (Å²) >= 11 is 3.20. The second kappa shape index (κ2) is 12.9. The number of nitrogens with one attached hydrogen (secondary N) is 2. The van der Waals surface area contributed by atoms with Crippen LogP contribution in [0.3, 0.4) is 0 Å². The van der Waals surface area contributed by atoms with E-state index in [2.05, 4.69) is 109 Å². The third-order valence-electron chi connectivity index (χ3n) is 8.53. The summed E-state index contributed by atoms with van der Waals surface area (Å²) in [5, 5.41) is 23.2. The lowest BCUT2D eigenvalue weighted by molar-refractivity contribution is 0.801. The van der Waals surface area contributed by atoms with Crippen LogP contribution in [-0.4, -0.2) is 54.9 Å². The van der Waals surface area contributed by atoms with Gasteiger partial charge in [-0.2, -0.15) is 9.78 Å². The van der Waals surface area contributed by atoms with Gasteiger partial charge in [0.25, 0.3) is 0 Å². The first-order valence-electron chi connectivity index (χ1n) is 16.1. The second-order valence-corrected chi connectivity index (χ2v) is 12.4. The van der Waals surface area contributed by atoms with Crippen LogP contribution in [0.4, 0.5) is 0 Å². The fraction of sp³-hybridized carbons (Fsp3) is 0. The molecule has 0 spiro atoms. The molecule has 0 aliphatic heterocycles. The maximum absolute atomic E-state index is 4.58. The lowest BCUT2D eigenvalue weighted by Gasteiger charge is -2.06. The molecule has 51 heavy (non-hydrogen) atoms. The van der Waals surface area contributed by atoms with Crippen LogP contribution in [0.1, 0.15) is 0 Å². The minimum Gasteiger partial charge on any atom is -0.294 e. The van der Waals surface area contributed by atoms with Crippen LogP contribution in [0.25, 0.3) is 77.3 Å². The number of hydrogen-bond donors (Lipinski definition) is 2. The van der Waals surface area contributed by atoms with Crippen molar-refractivity contribution in [2.75, 3.05) is 0 Å². The van der Waals surface area contributed by atoms with Crippen LogP contribution >= 0.6 is 15.9 Å². The number of para-hydroxylation sites is 2. The lowest BCUT2D eigenvalue weighted by Crippen LogP contribution is -1.99. The van der Waals surface area contributed by atoms with Crippen LogP contribution in [0.2, 0.25) is 0 Å². The molecule has 11 nitrogen and oxygen atoms in total. The zero-order chi connectivity index (χ0) is 34.1. The molecular weight excluding hydrogens is 702 g/mol. The molecule has 2 N–H and O–H groups in total. The molecule has 0 bridgehead atoms. The summed E-state index contributed by atoms with van der Waals surface area (Å²) in [4.78, 5) is 17.5. The van der Waals surface area contributed by atoms with Gasteiger partial charge in [0.05, 0.1) is 33.1 Å². The fourth-order valence-electron chi connectivity index (χ4n) is 6.26. The third-order valence-corrected chi connectivity index (χ3v) is 9.00. The molecule has 4 aromatic carbocycles.